The first-order chi connectivity index (χ1) is 10.5. The van der Waals surface area contributed by atoms with Crippen molar-refractivity contribution in [2.45, 2.75) is 31.1 Å². The lowest BCUT2D eigenvalue weighted by Gasteiger charge is -2.22. The number of hydrogen-bond donors (Lipinski definition) is 0. The molecule has 2 saturated heterocycles. The van der Waals surface area contributed by atoms with E-state index >= 15 is 0 Å². The predicted octanol–water partition coefficient (Wildman–Crippen LogP) is 2.58. The molecule has 7 heteroatoms. The summed E-state index contributed by atoms with van der Waals surface area (Å²) in [5.41, 5.74) is 1.13. The molecule has 0 radical (unpaired) electrons. The monoisotopic (exact) mass is 311 g/mol. The number of hydrazone groups is 1. The van der Waals surface area contributed by atoms with Crippen molar-refractivity contribution in [3.8, 4) is 0 Å². The summed E-state index contributed by atoms with van der Waals surface area (Å²) < 4.78 is 37.6. The number of rotatable bonds is 3. The number of hydrogen-bond acceptors (Lipinski definition) is 3. The lowest BCUT2D eigenvalue weighted by Crippen LogP contribution is -2.44. The zero-order chi connectivity index (χ0) is 15.7. The number of amides is 1. The molecule has 2 unspecified atom stereocenters. The number of halogens is 3. The van der Waals surface area contributed by atoms with Gasteiger partial charge in [0, 0.05) is 12.8 Å². The van der Waals surface area contributed by atoms with Gasteiger partial charge in [-0.15, -0.1) is 0 Å². The highest BCUT2D eigenvalue weighted by atomic mass is 19.4. The molecule has 1 amide bonds. The Kier molecular flexibility index (Phi) is 3.80. The molecule has 0 saturated carbocycles. The van der Waals surface area contributed by atoms with Crippen molar-refractivity contribution in [2.24, 2.45) is 5.10 Å². The molecule has 0 bridgehead atoms. The van der Waals surface area contributed by atoms with E-state index in [-0.39, 0.29) is 12.6 Å². The van der Waals surface area contributed by atoms with E-state index in [2.05, 4.69) is 5.10 Å². The van der Waals surface area contributed by atoms with Crippen LogP contribution in [-0.2, 0) is 4.79 Å². The molecule has 2 fully saturated rings. The Morgan fingerprint density at radius 2 is 2.00 bits per heavy atom. The van der Waals surface area contributed by atoms with Gasteiger partial charge in [-0.05, 0) is 18.4 Å². The van der Waals surface area contributed by atoms with E-state index in [0.717, 1.165) is 17.0 Å². The van der Waals surface area contributed by atoms with E-state index in [4.69, 9.17) is 0 Å². The fraction of sp³-hybridized carbons (Fsp3) is 0.467. The number of carbonyl (C=O) groups excluding carboxylic acids is 1. The van der Waals surface area contributed by atoms with Gasteiger partial charge in [-0.2, -0.15) is 18.3 Å². The van der Waals surface area contributed by atoms with Gasteiger partial charge in [0.25, 0.3) is 0 Å². The van der Waals surface area contributed by atoms with Crippen molar-refractivity contribution in [2.75, 3.05) is 13.1 Å². The van der Waals surface area contributed by atoms with Crippen LogP contribution in [-0.4, -0.2) is 47.3 Å². The summed E-state index contributed by atoms with van der Waals surface area (Å²) in [6.45, 7) is 0.887. The lowest BCUT2D eigenvalue weighted by molar-refractivity contribution is -0.185. The maximum atomic E-state index is 12.5. The van der Waals surface area contributed by atoms with Gasteiger partial charge < -0.3 is 4.90 Å². The zero-order valence-electron chi connectivity index (χ0n) is 11.8. The molecule has 2 heterocycles. The third kappa shape index (κ3) is 3.08. The smallest absolute Gasteiger partial charge is 0.327 e. The fourth-order valence-electron chi connectivity index (χ4n) is 2.74. The van der Waals surface area contributed by atoms with Crippen LogP contribution < -0.4 is 0 Å². The van der Waals surface area contributed by atoms with E-state index in [1.807, 2.05) is 35.3 Å². The standard InChI is InChI=1S/C15H16F3N3O/c16-15(17,18)14(22)20-8-4-7-12(20)9-19-21-10-13(21)11-5-2-1-3-6-11/h1-3,5-6,9,12-13H,4,7-8,10H2/b19-9+. The summed E-state index contributed by atoms with van der Waals surface area (Å²) in [5, 5.41) is 6.05. The molecule has 2 atom stereocenters. The second-order valence-electron chi connectivity index (χ2n) is 5.52. The van der Waals surface area contributed by atoms with Crippen LogP contribution in [0.2, 0.25) is 0 Å². The molecular weight excluding hydrogens is 295 g/mol. The minimum atomic E-state index is -4.82. The van der Waals surface area contributed by atoms with Crippen LogP contribution >= 0.6 is 0 Å². The summed E-state index contributed by atoms with van der Waals surface area (Å²) in [5.74, 6) is -1.77. The number of carbonyl (C=O) groups is 1. The Morgan fingerprint density at radius 3 is 2.68 bits per heavy atom. The summed E-state index contributed by atoms with van der Waals surface area (Å²) in [6, 6.07) is 9.42. The Hall–Kier alpha value is -2.05. The predicted molar refractivity (Wildman–Crippen MR) is 75.2 cm³/mol. The summed E-state index contributed by atoms with van der Waals surface area (Å²) >= 11 is 0. The molecule has 2 aliphatic rings. The molecular formula is C15H16F3N3O. The molecule has 0 N–H and O–H groups in total. The van der Waals surface area contributed by atoms with Crippen LogP contribution in [0.5, 0.6) is 0 Å². The van der Waals surface area contributed by atoms with E-state index in [1.54, 1.807) is 0 Å². The highest BCUT2D eigenvalue weighted by molar-refractivity contribution is 5.85. The topological polar surface area (TPSA) is 35.7 Å². The molecule has 3 rings (SSSR count). The number of likely N-dealkylation sites (tertiary alicyclic amines) is 1. The molecule has 1 aromatic rings. The highest BCUT2D eigenvalue weighted by Gasteiger charge is 2.45. The van der Waals surface area contributed by atoms with Crippen LogP contribution in [0.4, 0.5) is 13.2 Å². The van der Waals surface area contributed by atoms with Crippen molar-refractivity contribution in [3.63, 3.8) is 0 Å². The molecule has 0 spiro atoms. The second-order valence-corrected chi connectivity index (χ2v) is 5.52. The SMILES string of the molecule is O=C(N1CCCC1/C=N/N1CC1c1ccccc1)C(F)(F)F. The Balaban J connectivity index is 1.60. The molecule has 1 aromatic carbocycles. The van der Waals surface area contributed by atoms with Gasteiger partial charge in [0.05, 0.1) is 18.6 Å². The van der Waals surface area contributed by atoms with Crippen LogP contribution in [0.15, 0.2) is 35.4 Å². The van der Waals surface area contributed by atoms with Crippen molar-refractivity contribution >= 4 is 12.1 Å². The molecule has 0 aliphatic carbocycles. The zero-order valence-corrected chi connectivity index (χ0v) is 11.8. The molecule has 118 valence electrons. The lowest BCUT2D eigenvalue weighted by atomic mass is 10.2. The Morgan fingerprint density at radius 1 is 1.27 bits per heavy atom. The second kappa shape index (κ2) is 5.62. The first-order valence-corrected chi connectivity index (χ1v) is 7.20. The number of alkyl halides is 3. The van der Waals surface area contributed by atoms with Crippen LogP contribution in [0, 0.1) is 0 Å². The van der Waals surface area contributed by atoms with E-state index in [9.17, 15) is 18.0 Å². The Bertz CT molecular complexity index is 573. The first kappa shape index (κ1) is 14.9. The summed E-state index contributed by atoms with van der Waals surface area (Å²) in [7, 11) is 0. The van der Waals surface area contributed by atoms with Crippen molar-refractivity contribution in [3.05, 3.63) is 35.9 Å². The minimum Gasteiger partial charge on any atom is -0.327 e. The van der Waals surface area contributed by atoms with Gasteiger partial charge in [0.2, 0.25) is 0 Å². The van der Waals surface area contributed by atoms with Gasteiger partial charge in [-0.3, -0.25) is 9.80 Å². The average molecular weight is 311 g/mol. The van der Waals surface area contributed by atoms with Gasteiger partial charge in [0.15, 0.2) is 0 Å². The first-order valence-electron chi connectivity index (χ1n) is 7.20. The maximum Gasteiger partial charge on any atom is 0.471 e. The third-order valence-electron chi connectivity index (χ3n) is 3.96. The van der Waals surface area contributed by atoms with Crippen molar-refractivity contribution in [1.82, 2.24) is 9.91 Å². The summed E-state index contributed by atoms with van der Waals surface area (Å²) in [4.78, 5) is 12.2. The van der Waals surface area contributed by atoms with Crippen LogP contribution in [0.1, 0.15) is 24.4 Å². The third-order valence-corrected chi connectivity index (χ3v) is 3.96. The fourth-order valence-corrected chi connectivity index (χ4v) is 2.74. The number of benzene rings is 1. The molecule has 22 heavy (non-hydrogen) atoms. The van der Waals surface area contributed by atoms with Crippen molar-refractivity contribution < 1.29 is 18.0 Å². The van der Waals surface area contributed by atoms with E-state index in [1.165, 1.54) is 6.21 Å². The highest BCUT2D eigenvalue weighted by Crippen LogP contribution is 2.34. The van der Waals surface area contributed by atoms with Gasteiger partial charge >= 0.3 is 12.1 Å². The van der Waals surface area contributed by atoms with Gasteiger partial charge in [-0.1, -0.05) is 30.3 Å². The molecule has 2 aliphatic heterocycles. The van der Waals surface area contributed by atoms with Crippen molar-refractivity contribution in [1.29, 1.82) is 0 Å². The maximum absolute atomic E-state index is 12.5. The quantitative estimate of drug-likeness (QED) is 0.635. The summed E-state index contributed by atoms with van der Waals surface area (Å²) in [6.07, 6.45) is -2.25. The minimum absolute atomic E-state index is 0.136. The van der Waals surface area contributed by atoms with Gasteiger partial charge in [0.1, 0.15) is 0 Å². The normalized spacial score (nSPS) is 25.0. The van der Waals surface area contributed by atoms with Crippen LogP contribution in [0.25, 0.3) is 0 Å². The van der Waals surface area contributed by atoms with E-state index < -0.39 is 18.1 Å². The molecule has 4 nitrogen and oxygen atoms in total. The van der Waals surface area contributed by atoms with Crippen LogP contribution in [0.3, 0.4) is 0 Å². The largest absolute Gasteiger partial charge is 0.471 e. The molecule has 0 aromatic heterocycles. The average Bonchev–Trinajstić information content (AvgIpc) is 3.13. The van der Waals surface area contributed by atoms with Gasteiger partial charge in [-0.25, -0.2) is 0 Å². The Labute approximate surface area is 126 Å². The van der Waals surface area contributed by atoms with E-state index in [0.29, 0.717) is 12.8 Å². The number of nitrogens with zero attached hydrogens (tertiary/aromatic N) is 3.